The average Bonchev–Trinajstić information content (AvgIpc) is 3.00. The second-order valence-electron chi connectivity index (χ2n) is 6.06. The van der Waals surface area contributed by atoms with Crippen molar-refractivity contribution in [3.63, 3.8) is 0 Å². The van der Waals surface area contributed by atoms with E-state index in [0.29, 0.717) is 25.9 Å². The van der Waals surface area contributed by atoms with Crippen molar-refractivity contribution < 1.29 is 9.84 Å². The lowest BCUT2D eigenvalue weighted by Crippen LogP contribution is -2.43. The van der Waals surface area contributed by atoms with Crippen LogP contribution in [0.15, 0.2) is 29.3 Å². The molecule has 5 nitrogen and oxygen atoms in total. The monoisotopic (exact) mass is 447 g/mol. The Hall–Kier alpha value is -1.02. The third-order valence-electron chi connectivity index (χ3n) is 4.40. The molecule has 1 aromatic rings. The molecule has 0 aromatic heterocycles. The summed E-state index contributed by atoms with van der Waals surface area (Å²) in [6, 6.07) is 8.16. The molecule has 1 aliphatic heterocycles. The summed E-state index contributed by atoms with van der Waals surface area (Å²) in [6.45, 7) is 7.89. The lowest BCUT2D eigenvalue weighted by atomic mass is 9.98. The Bertz CT molecular complexity index is 508. The van der Waals surface area contributed by atoms with Crippen molar-refractivity contribution in [2.75, 3.05) is 19.6 Å². The van der Waals surface area contributed by atoms with Crippen LogP contribution in [-0.2, 0) is 6.42 Å². The third kappa shape index (κ3) is 5.81. The van der Waals surface area contributed by atoms with Gasteiger partial charge in [-0.05, 0) is 31.4 Å². The SMILES string of the molecule is CCNC(=NCC(O)(CC)CC)NCC1Cc2ccccc2O1.I. The highest BCUT2D eigenvalue weighted by Gasteiger charge is 2.23. The van der Waals surface area contributed by atoms with Crippen molar-refractivity contribution in [1.82, 2.24) is 10.6 Å². The number of fused-ring (bicyclic) bond motifs is 1. The van der Waals surface area contributed by atoms with E-state index in [4.69, 9.17) is 4.74 Å². The summed E-state index contributed by atoms with van der Waals surface area (Å²) in [5.41, 5.74) is 0.537. The highest BCUT2D eigenvalue weighted by molar-refractivity contribution is 14.0. The topological polar surface area (TPSA) is 65.9 Å². The fraction of sp³-hybridized carbons (Fsp3) is 0.611. The molecule has 0 saturated carbocycles. The summed E-state index contributed by atoms with van der Waals surface area (Å²) < 4.78 is 5.93. The number of nitrogens with zero attached hydrogens (tertiary/aromatic N) is 1. The Morgan fingerprint density at radius 3 is 2.58 bits per heavy atom. The molecule has 0 amide bonds. The first kappa shape index (κ1) is 21.0. The van der Waals surface area contributed by atoms with Gasteiger partial charge >= 0.3 is 0 Å². The Morgan fingerprint density at radius 2 is 1.96 bits per heavy atom. The molecule has 136 valence electrons. The number of aliphatic imine (C=N–C) groups is 1. The zero-order valence-electron chi connectivity index (χ0n) is 14.8. The Morgan fingerprint density at radius 1 is 1.25 bits per heavy atom. The van der Waals surface area contributed by atoms with Gasteiger partial charge in [-0.3, -0.25) is 4.99 Å². The number of para-hydroxylation sites is 1. The van der Waals surface area contributed by atoms with Crippen LogP contribution in [0.4, 0.5) is 0 Å². The zero-order valence-corrected chi connectivity index (χ0v) is 17.2. The number of nitrogens with one attached hydrogen (secondary N) is 2. The van der Waals surface area contributed by atoms with Crippen molar-refractivity contribution in [2.45, 2.75) is 51.7 Å². The largest absolute Gasteiger partial charge is 0.488 e. The van der Waals surface area contributed by atoms with Gasteiger partial charge in [0.1, 0.15) is 11.9 Å². The molecule has 6 heteroatoms. The summed E-state index contributed by atoms with van der Waals surface area (Å²) >= 11 is 0. The van der Waals surface area contributed by atoms with Crippen molar-refractivity contribution in [3.8, 4) is 5.75 Å². The number of benzene rings is 1. The molecule has 1 aliphatic rings. The molecule has 2 rings (SSSR count). The predicted octanol–water partition coefficient (Wildman–Crippen LogP) is 2.71. The average molecular weight is 447 g/mol. The van der Waals surface area contributed by atoms with Gasteiger partial charge in [0.25, 0.3) is 0 Å². The maximum atomic E-state index is 10.4. The van der Waals surface area contributed by atoms with E-state index in [2.05, 4.69) is 21.7 Å². The molecule has 1 heterocycles. The quantitative estimate of drug-likeness (QED) is 0.342. The van der Waals surface area contributed by atoms with Gasteiger partial charge in [0.05, 0.1) is 18.7 Å². The van der Waals surface area contributed by atoms with Crippen LogP contribution in [0.5, 0.6) is 5.75 Å². The van der Waals surface area contributed by atoms with Crippen LogP contribution in [-0.4, -0.2) is 42.4 Å². The maximum absolute atomic E-state index is 10.4. The van der Waals surface area contributed by atoms with E-state index in [-0.39, 0.29) is 30.1 Å². The van der Waals surface area contributed by atoms with Crippen LogP contribution in [0.25, 0.3) is 0 Å². The molecule has 3 N–H and O–H groups in total. The second kappa shape index (κ2) is 10.1. The van der Waals surface area contributed by atoms with Gasteiger partial charge in [-0.1, -0.05) is 32.0 Å². The first-order valence-corrected chi connectivity index (χ1v) is 8.59. The zero-order chi connectivity index (χ0) is 16.7. The van der Waals surface area contributed by atoms with Crippen molar-refractivity contribution in [2.24, 2.45) is 4.99 Å². The number of guanidine groups is 1. The highest BCUT2D eigenvalue weighted by Crippen LogP contribution is 2.27. The molecular weight excluding hydrogens is 417 g/mol. The summed E-state index contributed by atoms with van der Waals surface area (Å²) in [4.78, 5) is 4.53. The Balaban J connectivity index is 0.00000288. The predicted molar refractivity (Wildman–Crippen MR) is 109 cm³/mol. The standard InChI is InChI=1S/C18H29N3O2.HI/c1-4-18(22,5-2)13-21-17(19-6-3)20-12-15-11-14-9-7-8-10-16(14)23-15;/h7-10,15,22H,4-6,11-13H2,1-3H3,(H2,19,20,21);1H. The Kier molecular flexibility index (Phi) is 8.83. The second-order valence-corrected chi connectivity index (χ2v) is 6.06. The summed E-state index contributed by atoms with van der Waals surface area (Å²) in [7, 11) is 0. The summed E-state index contributed by atoms with van der Waals surface area (Å²) in [6.07, 6.45) is 2.43. The fourth-order valence-corrected chi connectivity index (χ4v) is 2.62. The molecule has 1 aromatic carbocycles. The normalized spacial score (nSPS) is 16.8. The molecule has 0 aliphatic carbocycles. The van der Waals surface area contributed by atoms with Crippen LogP contribution in [0, 0.1) is 0 Å². The number of halogens is 1. The molecule has 0 spiro atoms. The van der Waals surface area contributed by atoms with Crippen molar-refractivity contribution in [3.05, 3.63) is 29.8 Å². The van der Waals surface area contributed by atoms with Crippen LogP contribution >= 0.6 is 24.0 Å². The van der Waals surface area contributed by atoms with Crippen LogP contribution in [0.1, 0.15) is 39.2 Å². The molecule has 0 bridgehead atoms. The van der Waals surface area contributed by atoms with E-state index < -0.39 is 5.60 Å². The van der Waals surface area contributed by atoms with E-state index in [1.54, 1.807) is 0 Å². The van der Waals surface area contributed by atoms with Gasteiger partial charge in [-0.15, -0.1) is 24.0 Å². The van der Waals surface area contributed by atoms with E-state index in [0.717, 1.165) is 24.7 Å². The lowest BCUT2D eigenvalue weighted by Gasteiger charge is -2.23. The molecule has 1 atom stereocenters. The molecule has 0 fully saturated rings. The van der Waals surface area contributed by atoms with Crippen LogP contribution < -0.4 is 15.4 Å². The third-order valence-corrected chi connectivity index (χ3v) is 4.40. The number of hydrogen-bond acceptors (Lipinski definition) is 3. The van der Waals surface area contributed by atoms with E-state index in [1.165, 1.54) is 5.56 Å². The minimum Gasteiger partial charge on any atom is -0.488 e. The first-order valence-electron chi connectivity index (χ1n) is 8.59. The van der Waals surface area contributed by atoms with Crippen LogP contribution in [0.2, 0.25) is 0 Å². The summed E-state index contributed by atoms with van der Waals surface area (Å²) in [5, 5.41) is 16.9. The lowest BCUT2D eigenvalue weighted by molar-refractivity contribution is 0.0418. The number of aliphatic hydroxyl groups is 1. The fourth-order valence-electron chi connectivity index (χ4n) is 2.62. The molecular formula is C18H30IN3O2. The molecule has 1 unspecified atom stereocenters. The minimum atomic E-state index is -0.720. The van der Waals surface area contributed by atoms with Gasteiger partial charge < -0.3 is 20.5 Å². The van der Waals surface area contributed by atoms with Gasteiger partial charge in [-0.2, -0.15) is 0 Å². The molecule has 0 radical (unpaired) electrons. The van der Waals surface area contributed by atoms with Crippen molar-refractivity contribution >= 4 is 29.9 Å². The van der Waals surface area contributed by atoms with Gasteiger partial charge in [-0.25, -0.2) is 0 Å². The number of ether oxygens (including phenoxy) is 1. The van der Waals surface area contributed by atoms with Crippen LogP contribution in [0.3, 0.4) is 0 Å². The summed E-state index contributed by atoms with van der Waals surface area (Å²) in [5.74, 6) is 1.71. The first-order chi connectivity index (χ1) is 11.1. The number of hydrogen-bond donors (Lipinski definition) is 3. The molecule has 0 saturated heterocycles. The van der Waals surface area contributed by atoms with Crippen molar-refractivity contribution in [1.29, 1.82) is 0 Å². The maximum Gasteiger partial charge on any atom is 0.191 e. The minimum absolute atomic E-state index is 0. The van der Waals surface area contributed by atoms with E-state index in [1.807, 2.05) is 39.0 Å². The Labute approximate surface area is 162 Å². The molecule has 24 heavy (non-hydrogen) atoms. The van der Waals surface area contributed by atoms with E-state index in [9.17, 15) is 5.11 Å². The highest BCUT2D eigenvalue weighted by atomic mass is 127. The van der Waals surface area contributed by atoms with E-state index >= 15 is 0 Å². The number of rotatable bonds is 7. The van der Waals surface area contributed by atoms with Gasteiger partial charge in [0.2, 0.25) is 0 Å². The van der Waals surface area contributed by atoms with Gasteiger partial charge in [0, 0.05) is 13.0 Å². The smallest absolute Gasteiger partial charge is 0.191 e. The van der Waals surface area contributed by atoms with Gasteiger partial charge in [0.15, 0.2) is 5.96 Å².